The Balaban J connectivity index is 0.00000154. The Bertz CT molecular complexity index is 365. The largest absolute Gasteiger partial charge is 0.464 e. The summed E-state index contributed by atoms with van der Waals surface area (Å²) in [6, 6.07) is 9.83. The van der Waals surface area contributed by atoms with Crippen LogP contribution in [0.1, 0.15) is 33.3 Å². The van der Waals surface area contributed by atoms with Gasteiger partial charge in [-0.3, -0.25) is 0 Å². The first-order valence-corrected chi connectivity index (χ1v) is 6.11. The number of carbonyl (C=O) groups is 1. The number of nitrogens with two attached hydrogens (primary N) is 1. The summed E-state index contributed by atoms with van der Waals surface area (Å²) in [5.74, 6) is 2.93. The normalized spacial score (nSPS) is 12.1. The molecule has 0 aliphatic heterocycles. The quantitative estimate of drug-likeness (QED) is 0.655. The smallest absolute Gasteiger partial charge is 0.334 e. The van der Waals surface area contributed by atoms with E-state index >= 15 is 0 Å². The van der Waals surface area contributed by atoms with Crippen LogP contribution >= 0.6 is 0 Å². The Hall–Kier alpha value is -1.43. The SMILES string of the molecule is CCOC(=O)C(C)OC(C)(C)c1ccccc1.N[O]. The molecule has 1 aromatic rings. The van der Waals surface area contributed by atoms with E-state index in [1.54, 1.807) is 13.8 Å². The maximum Gasteiger partial charge on any atom is 0.334 e. The molecule has 107 valence electrons. The molecule has 0 spiro atoms. The summed E-state index contributed by atoms with van der Waals surface area (Å²) in [7, 11) is 0. The molecule has 0 aliphatic rings. The van der Waals surface area contributed by atoms with Gasteiger partial charge < -0.3 is 9.47 Å². The zero-order chi connectivity index (χ0) is 14.9. The van der Waals surface area contributed by atoms with Gasteiger partial charge in [0.1, 0.15) is 0 Å². The summed E-state index contributed by atoms with van der Waals surface area (Å²) < 4.78 is 10.7. The average molecular weight is 268 g/mol. The van der Waals surface area contributed by atoms with Crippen molar-refractivity contribution in [3.63, 3.8) is 0 Å². The van der Waals surface area contributed by atoms with Crippen molar-refractivity contribution in [3.05, 3.63) is 35.9 Å². The van der Waals surface area contributed by atoms with Crippen LogP contribution in [0.5, 0.6) is 0 Å². The highest BCUT2D eigenvalue weighted by Gasteiger charge is 2.27. The minimum atomic E-state index is -0.565. The Morgan fingerprint density at radius 3 is 2.26 bits per heavy atom. The average Bonchev–Trinajstić information content (AvgIpc) is 2.42. The first kappa shape index (κ1) is 17.6. The van der Waals surface area contributed by atoms with E-state index in [-0.39, 0.29) is 5.97 Å². The minimum absolute atomic E-state index is 0.323. The Morgan fingerprint density at radius 1 is 1.26 bits per heavy atom. The van der Waals surface area contributed by atoms with Gasteiger partial charge in [0.15, 0.2) is 6.10 Å². The van der Waals surface area contributed by atoms with Gasteiger partial charge in [-0.1, -0.05) is 30.3 Å². The van der Waals surface area contributed by atoms with Crippen LogP contribution in [0.15, 0.2) is 30.3 Å². The first-order valence-electron chi connectivity index (χ1n) is 6.11. The number of esters is 1. The van der Waals surface area contributed by atoms with Crippen molar-refractivity contribution < 1.29 is 19.5 Å². The predicted octanol–water partition coefficient (Wildman–Crippen LogP) is 2.18. The van der Waals surface area contributed by atoms with Gasteiger partial charge in [-0.15, -0.1) is 5.21 Å². The summed E-state index contributed by atoms with van der Waals surface area (Å²) in [4.78, 5) is 11.5. The molecule has 0 bridgehead atoms. The molecule has 0 aromatic heterocycles. The Labute approximate surface area is 114 Å². The highest BCUT2D eigenvalue weighted by atomic mass is 16.6. The molecule has 1 radical (unpaired) electrons. The fraction of sp³-hybridized carbons (Fsp3) is 0.500. The number of hydrogen-bond acceptors (Lipinski definition) is 4. The van der Waals surface area contributed by atoms with Gasteiger partial charge in [0.25, 0.3) is 0 Å². The Morgan fingerprint density at radius 2 is 1.79 bits per heavy atom. The van der Waals surface area contributed by atoms with Crippen LogP contribution in [-0.4, -0.2) is 18.7 Å². The molecule has 1 rings (SSSR count). The fourth-order valence-corrected chi connectivity index (χ4v) is 1.66. The van der Waals surface area contributed by atoms with Crippen LogP contribution in [0.25, 0.3) is 0 Å². The molecule has 0 saturated carbocycles. The third kappa shape index (κ3) is 5.83. The van der Waals surface area contributed by atoms with E-state index in [0.29, 0.717) is 6.61 Å². The number of rotatable bonds is 5. The van der Waals surface area contributed by atoms with E-state index in [1.165, 1.54) is 0 Å². The molecule has 5 heteroatoms. The van der Waals surface area contributed by atoms with Crippen molar-refractivity contribution in [1.29, 1.82) is 0 Å². The molecule has 1 unspecified atom stereocenters. The number of hydrogen-bond donors (Lipinski definition) is 1. The van der Waals surface area contributed by atoms with Gasteiger partial charge in [0, 0.05) is 0 Å². The van der Waals surface area contributed by atoms with E-state index in [4.69, 9.17) is 14.7 Å². The van der Waals surface area contributed by atoms with Crippen LogP contribution in [0.3, 0.4) is 0 Å². The standard InChI is InChI=1S/C14H20O3.H2NO/c1-5-16-13(15)11(2)17-14(3,4)12-9-7-6-8-10-12;1-2/h6-11H,5H2,1-4H3;1H2. The number of benzene rings is 1. The van der Waals surface area contributed by atoms with E-state index in [9.17, 15) is 4.79 Å². The molecule has 0 aliphatic carbocycles. The van der Waals surface area contributed by atoms with Crippen molar-refractivity contribution in [2.75, 3.05) is 6.61 Å². The second kappa shape index (κ2) is 8.63. The first-order chi connectivity index (χ1) is 8.97. The van der Waals surface area contributed by atoms with Crippen molar-refractivity contribution in [1.82, 2.24) is 0 Å². The number of carbonyl (C=O) groups excluding carboxylic acids is 1. The molecule has 1 atom stereocenters. The summed E-state index contributed by atoms with van der Waals surface area (Å²) in [5, 5.41) is 7.75. The van der Waals surface area contributed by atoms with Crippen LogP contribution in [0.2, 0.25) is 0 Å². The van der Waals surface area contributed by atoms with Crippen molar-refractivity contribution in [2.24, 2.45) is 5.90 Å². The van der Waals surface area contributed by atoms with Gasteiger partial charge in [-0.25, -0.2) is 4.79 Å². The maximum absolute atomic E-state index is 11.5. The maximum atomic E-state index is 11.5. The van der Waals surface area contributed by atoms with Crippen LogP contribution in [-0.2, 0) is 25.1 Å². The van der Waals surface area contributed by atoms with E-state index in [2.05, 4.69) is 5.90 Å². The predicted molar refractivity (Wildman–Crippen MR) is 71.5 cm³/mol. The van der Waals surface area contributed by atoms with Crippen LogP contribution in [0.4, 0.5) is 0 Å². The summed E-state index contributed by atoms with van der Waals surface area (Å²) >= 11 is 0. The lowest BCUT2D eigenvalue weighted by Crippen LogP contribution is -2.32. The van der Waals surface area contributed by atoms with E-state index in [1.807, 2.05) is 44.2 Å². The molecular weight excluding hydrogens is 246 g/mol. The highest BCUT2D eigenvalue weighted by Crippen LogP contribution is 2.26. The number of ether oxygens (including phenoxy) is 2. The molecule has 0 amide bonds. The zero-order valence-corrected chi connectivity index (χ0v) is 11.9. The van der Waals surface area contributed by atoms with E-state index in [0.717, 1.165) is 5.56 Å². The molecule has 0 saturated heterocycles. The van der Waals surface area contributed by atoms with E-state index < -0.39 is 11.7 Å². The lowest BCUT2D eigenvalue weighted by molar-refractivity contribution is -0.166. The lowest BCUT2D eigenvalue weighted by Gasteiger charge is -2.28. The third-order valence-corrected chi connectivity index (χ3v) is 2.56. The van der Waals surface area contributed by atoms with Crippen LogP contribution < -0.4 is 5.90 Å². The van der Waals surface area contributed by atoms with Gasteiger partial charge in [0.2, 0.25) is 0 Å². The molecule has 19 heavy (non-hydrogen) atoms. The lowest BCUT2D eigenvalue weighted by atomic mass is 9.98. The topological polar surface area (TPSA) is 81.4 Å². The zero-order valence-electron chi connectivity index (χ0n) is 11.9. The summed E-state index contributed by atoms with van der Waals surface area (Å²) in [6.45, 7) is 7.75. The molecular formula is C14H22NO4. The Kier molecular flexibility index (Phi) is 7.98. The fourth-order valence-electron chi connectivity index (χ4n) is 1.66. The van der Waals surface area contributed by atoms with Crippen molar-refractivity contribution in [2.45, 2.75) is 39.4 Å². The molecule has 1 aromatic carbocycles. The molecule has 0 heterocycles. The summed E-state index contributed by atoms with van der Waals surface area (Å²) in [6.07, 6.45) is -0.565. The summed E-state index contributed by atoms with van der Waals surface area (Å²) in [5.41, 5.74) is 0.532. The van der Waals surface area contributed by atoms with Gasteiger partial charge >= 0.3 is 5.97 Å². The van der Waals surface area contributed by atoms with Crippen molar-refractivity contribution in [3.8, 4) is 0 Å². The second-order valence-corrected chi connectivity index (χ2v) is 4.39. The van der Waals surface area contributed by atoms with Crippen LogP contribution in [0, 0.1) is 0 Å². The van der Waals surface area contributed by atoms with Gasteiger partial charge in [-0.2, -0.15) is 5.90 Å². The molecule has 2 N–H and O–H groups in total. The van der Waals surface area contributed by atoms with Gasteiger partial charge in [-0.05, 0) is 33.3 Å². The minimum Gasteiger partial charge on any atom is -0.464 e. The van der Waals surface area contributed by atoms with Gasteiger partial charge in [0.05, 0.1) is 12.2 Å². The molecule has 0 fully saturated rings. The van der Waals surface area contributed by atoms with Crippen molar-refractivity contribution >= 4 is 5.97 Å². The molecule has 5 nitrogen and oxygen atoms in total. The monoisotopic (exact) mass is 268 g/mol. The highest BCUT2D eigenvalue weighted by molar-refractivity contribution is 5.74. The second-order valence-electron chi connectivity index (χ2n) is 4.39. The third-order valence-electron chi connectivity index (χ3n) is 2.56.